The van der Waals surface area contributed by atoms with E-state index in [1.165, 1.54) is 11.1 Å². The van der Waals surface area contributed by atoms with Crippen molar-refractivity contribution in [3.05, 3.63) is 71.8 Å². The van der Waals surface area contributed by atoms with Crippen LogP contribution in [0.2, 0.25) is 0 Å². The Bertz CT molecular complexity index is 993. The van der Waals surface area contributed by atoms with Crippen molar-refractivity contribution in [1.29, 1.82) is 0 Å². The van der Waals surface area contributed by atoms with Gasteiger partial charge in [-0.25, -0.2) is 47.3 Å². The van der Waals surface area contributed by atoms with E-state index in [1.807, 2.05) is 24.3 Å². The first-order valence-electron chi connectivity index (χ1n) is 11.2. The van der Waals surface area contributed by atoms with Gasteiger partial charge in [-0.15, -0.1) is 20.5 Å². The van der Waals surface area contributed by atoms with Crippen molar-refractivity contribution in [2.45, 2.75) is 46.2 Å². The largest absolute Gasteiger partial charge is 2.00 e. The Morgan fingerprint density at radius 1 is 0.744 bits per heavy atom. The molecular formula is C24H30Cl2N2O10Pd. The van der Waals surface area contributed by atoms with Crippen molar-refractivity contribution in [2.24, 2.45) is 15.4 Å². The third-order valence-corrected chi connectivity index (χ3v) is 4.84. The molecule has 0 N–H and O–H groups in total. The molecule has 0 aliphatic carbocycles. The first kappa shape index (κ1) is 37.3. The van der Waals surface area contributed by atoms with Gasteiger partial charge in [-0.2, -0.15) is 0 Å². The summed E-state index contributed by atoms with van der Waals surface area (Å²) in [7, 11) is -9.89. The standard InChI is InChI=1S/C17H22N2O2.C7H8.2ClHO4.Pd/c1-12-10-20-15(18-12)17(2,3)16-19-14(11-21-16)9-13-7-5-4-6-8-13;1-7-5-3-2-4-6-7;2*2-1(3,4)5;/h4-8,12,14H,9-11H2,1-3H3;2-6H,1H3;2*(H,2,3,4,5);/q;;;;+2/p-2/t12-,14-;;;;/m0..../s1. The van der Waals surface area contributed by atoms with Crippen LogP contribution in [-0.4, -0.2) is 37.1 Å². The molecule has 2 heterocycles. The molecule has 0 aromatic heterocycles. The van der Waals surface area contributed by atoms with E-state index in [9.17, 15) is 0 Å². The number of hydrogen-bond acceptors (Lipinski definition) is 12. The Morgan fingerprint density at radius 3 is 1.54 bits per heavy atom. The summed E-state index contributed by atoms with van der Waals surface area (Å²) in [5.74, 6) is 1.49. The fraction of sp³-hybridized carbons (Fsp3) is 0.417. The average molecular weight is 684 g/mol. The zero-order valence-electron chi connectivity index (χ0n) is 21.6. The maximum Gasteiger partial charge on any atom is 2.00 e. The Labute approximate surface area is 245 Å². The predicted octanol–water partition coefficient (Wildman–Crippen LogP) is -4.65. The van der Waals surface area contributed by atoms with Crippen molar-refractivity contribution in [3.63, 3.8) is 0 Å². The summed E-state index contributed by atoms with van der Waals surface area (Å²) in [5.41, 5.74) is 2.23. The van der Waals surface area contributed by atoms with Gasteiger partial charge >= 0.3 is 20.4 Å². The molecule has 220 valence electrons. The number of halogens is 2. The number of aryl methyl sites for hydroxylation is 1. The third-order valence-electron chi connectivity index (χ3n) is 4.84. The van der Waals surface area contributed by atoms with E-state index >= 15 is 0 Å². The van der Waals surface area contributed by atoms with Crippen molar-refractivity contribution < 1.29 is 87.7 Å². The fourth-order valence-corrected chi connectivity index (χ4v) is 3.19. The third kappa shape index (κ3) is 18.3. The molecule has 0 radical (unpaired) electrons. The zero-order chi connectivity index (χ0) is 29.0. The topological polar surface area (TPSA) is 228 Å². The monoisotopic (exact) mass is 682 g/mol. The summed E-state index contributed by atoms with van der Waals surface area (Å²) in [6.07, 6.45) is 0.907. The Hall–Kier alpha value is -1.70. The number of ether oxygens (including phenoxy) is 2. The molecule has 2 aliphatic heterocycles. The molecule has 0 amide bonds. The molecule has 2 aromatic carbocycles. The molecule has 0 unspecified atom stereocenters. The smallest absolute Gasteiger partial charge is 0.478 e. The summed E-state index contributed by atoms with van der Waals surface area (Å²) < 4.78 is 79.5. The molecule has 0 bridgehead atoms. The van der Waals surface area contributed by atoms with Crippen LogP contribution in [0.3, 0.4) is 0 Å². The first-order chi connectivity index (χ1) is 17.4. The van der Waals surface area contributed by atoms with Crippen molar-refractivity contribution in [2.75, 3.05) is 13.2 Å². The summed E-state index contributed by atoms with van der Waals surface area (Å²) in [4.78, 5) is 9.31. The van der Waals surface area contributed by atoms with E-state index in [-0.39, 0.29) is 37.9 Å². The molecule has 15 heteroatoms. The average Bonchev–Trinajstić information content (AvgIpc) is 3.43. The van der Waals surface area contributed by atoms with Crippen LogP contribution in [0.15, 0.2) is 70.6 Å². The molecule has 0 saturated carbocycles. The number of hydrogen-bond donors (Lipinski definition) is 0. The summed E-state index contributed by atoms with van der Waals surface area (Å²) in [5, 5.41) is 0. The van der Waals surface area contributed by atoms with Crippen molar-refractivity contribution in [1.82, 2.24) is 0 Å². The second-order valence-electron chi connectivity index (χ2n) is 8.72. The van der Waals surface area contributed by atoms with Gasteiger partial charge < -0.3 is 9.47 Å². The fourth-order valence-electron chi connectivity index (χ4n) is 3.19. The normalized spacial score (nSPS) is 18.2. The summed E-state index contributed by atoms with van der Waals surface area (Å²) in [6.45, 7) is 9.55. The van der Waals surface area contributed by atoms with E-state index in [0.717, 1.165) is 18.2 Å². The Morgan fingerprint density at radius 2 is 1.15 bits per heavy atom. The van der Waals surface area contributed by atoms with Crippen molar-refractivity contribution >= 4 is 11.8 Å². The molecule has 2 atom stereocenters. The van der Waals surface area contributed by atoms with Gasteiger partial charge in [0.05, 0.1) is 12.1 Å². The van der Waals surface area contributed by atoms with E-state index in [2.05, 4.69) is 69.1 Å². The molecule has 0 saturated heterocycles. The van der Waals surface area contributed by atoms with Crippen molar-refractivity contribution in [3.8, 4) is 0 Å². The minimum Gasteiger partial charge on any atom is -0.478 e. The van der Waals surface area contributed by atoms with Gasteiger partial charge in [-0.3, -0.25) is 0 Å². The van der Waals surface area contributed by atoms with Crippen LogP contribution in [0.5, 0.6) is 0 Å². The molecule has 4 rings (SSSR count). The van der Waals surface area contributed by atoms with Gasteiger partial charge in [0.25, 0.3) is 0 Å². The van der Waals surface area contributed by atoms with E-state index in [4.69, 9.17) is 51.7 Å². The van der Waals surface area contributed by atoms with Gasteiger partial charge in [-0.1, -0.05) is 66.2 Å². The number of aliphatic imine (C=N–C) groups is 2. The van der Waals surface area contributed by atoms with Gasteiger partial charge in [0.1, 0.15) is 18.6 Å². The van der Waals surface area contributed by atoms with Crippen LogP contribution < -0.4 is 37.3 Å². The molecule has 39 heavy (non-hydrogen) atoms. The maximum atomic E-state index is 8.49. The van der Waals surface area contributed by atoms with Crippen LogP contribution in [-0.2, 0) is 36.3 Å². The number of rotatable bonds is 4. The Balaban J connectivity index is 0.000000658. The van der Waals surface area contributed by atoms with Crippen LogP contribution >= 0.6 is 0 Å². The number of benzene rings is 2. The van der Waals surface area contributed by atoms with Gasteiger partial charge in [-0.05, 0) is 39.7 Å². The Kier molecular flexibility index (Phi) is 16.4. The molecule has 2 aliphatic rings. The minimum atomic E-state index is -4.94. The number of nitrogens with zero attached hydrogens (tertiary/aromatic N) is 2. The van der Waals surface area contributed by atoms with Crippen LogP contribution in [0, 0.1) is 32.8 Å². The van der Waals surface area contributed by atoms with E-state index in [1.54, 1.807) is 0 Å². The van der Waals surface area contributed by atoms with Gasteiger partial charge in [0, 0.05) is 0 Å². The quantitative estimate of drug-likeness (QED) is 0.280. The molecule has 2 aromatic rings. The summed E-state index contributed by atoms with van der Waals surface area (Å²) in [6, 6.07) is 21.1. The predicted molar refractivity (Wildman–Crippen MR) is 115 cm³/mol. The zero-order valence-corrected chi connectivity index (χ0v) is 24.7. The molecule has 0 fully saturated rings. The minimum absolute atomic E-state index is 0. The van der Waals surface area contributed by atoms with Gasteiger partial charge in [0.2, 0.25) is 0 Å². The second kappa shape index (κ2) is 17.2. The molecule has 12 nitrogen and oxygen atoms in total. The van der Waals surface area contributed by atoms with Crippen LogP contribution in [0.4, 0.5) is 0 Å². The maximum absolute atomic E-state index is 8.49. The summed E-state index contributed by atoms with van der Waals surface area (Å²) >= 11 is 0. The van der Waals surface area contributed by atoms with E-state index < -0.39 is 20.5 Å². The SMILES string of the molecule is C[C@H]1COC(C(C)(C)C2=N[C@@H](Cc3ccccc3)CO2)=N1.Cc1ccccc1.[O-][Cl+3]([O-])([O-])[O-].[O-][Cl+3]([O-])([O-])[O-].[Pd+2]. The second-order valence-corrected chi connectivity index (χ2v) is 10.2. The van der Waals surface area contributed by atoms with E-state index in [0.29, 0.717) is 13.2 Å². The molecule has 0 spiro atoms. The first-order valence-corrected chi connectivity index (χ1v) is 13.6. The van der Waals surface area contributed by atoms with Crippen LogP contribution in [0.25, 0.3) is 0 Å². The molecular weight excluding hydrogens is 654 g/mol. The van der Waals surface area contributed by atoms with Crippen LogP contribution in [0.1, 0.15) is 31.9 Å². The van der Waals surface area contributed by atoms with Gasteiger partial charge in [0.15, 0.2) is 11.8 Å².